The number of para-hydroxylation sites is 2. The molecule has 2 nitrogen and oxygen atoms in total. The zero-order valence-electron chi connectivity index (χ0n) is 23.1. The molecule has 10 aromatic rings. The molecule has 0 unspecified atom stereocenters. The summed E-state index contributed by atoms with van der Waals surface area (Å²) in [6.45, 7) is 0. The van der Waals surface area contributed by atoms with Crippen LogP contribution >= 0.6 is 11.3 Å². The van der Waals surface area contributed by atoms with Crippen LogP contribution in [0.3, 0.4) is 0 Å². The van der Waals surface area contributed by atoms with Crippen LogP contribution in [0.25, 0.3) is 91.4 Å². The molecule has 200 valence electrons. The highest BCUT2D eigenvalue weighted by atomic mass is 32.1. The van der Waals surface area contributed by atoms with Gasteiger partial charge in [-0.15, -0.1) is 11.3 Å². The van der Waals surface area contributed by atoms with E-state index >= 15 is 0 Å². The molecule has 0 radical (unpaired) electrons. The Morgan fingerprint density at radius 2 is 1.14 bits per heavy atom. The summed E-state index contributed by atoms with van der Waals surface area (Å²) in [4.78, 5) is 3.83. The largest absolute Gasteiger partial charge is 0.354 e. The Hall–Kier alpha value is -5.38. The summed E-state index contributed by atoms with van der Waals surface area (Å²) in [5.41, 5.74) is 8.53. The number of nitrogens with one attached hydrogen (secondary N) is 1. The maximum absolute atomic E-state index is 3.83. The summed E-state index contributed by atoms with van der Waals surface area (Å²) in [5.74, 6) is 0. The molecule has 0 spiro atoms. The van der Waals surface area contributed by atoms with Gasteiger partial charge in [-0.1, -0.05) is 103 Å². The molecular weight excluding hydrogens is 541 g/mol. The van der Waals surface area contributed by atoms with E-state index in [9.17, 15) is 0 Å². The van der Waals surface area contributed by atoms with Crippen molar-refractivity contribution in [2.24, 2.45) is 0 Å². The van der Waals surface area contributed by atoms with Crippen molar-refractivity contribution in [3.8, 4) is 16.8 Å². The molecule has 0 saturated heterocycles. The molecule has 0 aliphatic carbocycles. The Balaban J connectivity index is 1.31. The fraction of sp³-hybridized carbons (Fsp3) is 0. The van der Waals surface area contributed by atoms with Gasteiger partial charge in [0.2, 0.25) is 0 Å². The van der Waals surface area contributed by atoms with Crippen LogP contribution in [0.4, 0.5) is 0 Å². The zero-order chi connectivity index (χ0) is 28.1. The van der Waals surface area contributed by atoms with E-state index in [1.54, 1.807) is 0 Å². The predicted octanol–water partition coefficient (Wildman–Crippen LogP) is 11.6. The first-order chi connectivity index (χ1) is 21.3. The Morgan fingerprint density at radius 3 is 1.98 bits per heavy atom. The van der Waals surface area contributed by atoms with Gasteiger partial charge in [0.15, 0.2) is 0 Å². The average molecular weight is 565 g/mol. The summed E-state index contributed by atoms with van der Waals surface area (Å²) >= 11 is 1.91. The van der Waals surface area contributed by atoms with Gasteiger partial charge in [0.05, 0.1) is 16.6 Å². The van der Waals surface area contributed by atoms with Crippen molar-refractivity contribution < 1.29 is 0 Å². The van der Waals surface area contributed by atoms with Crippen LogP contribution in [-0.4, -0.2) is 9.55 Å². The van der Waals surface area contributed by atoms with Crippen molar-refractivity contribution in [3.63, 3.8) is 0 Å². The van der Waals surface area contributed by atoms with E-state index in [1.807, 2.05) is 11.3 Å². The lowest BCUT2D eigenvalue weighted by Crippen LogP contribution is -1.93. The molecule has 43 heavy (non-hydrogen) atoms. The number of hydrogen-bond donors (Lipinski definition) is 1. The first-order valence-electron chi connectivity index (χ1n) is 14.7. The molecule has 0 aliphatic rings. The average Bonchev–Trinajstić information content (AvgIpc) is 3.74. The second-order valence-electron chi connectivity index (χ2n) is 11.4. The molecule has 0 amide bonds. The smallest absolute Gasteiger partial charge is 0.0565 e. The lowest BCUT2D eigenvalue weighted by Gasteiger charge is -2.09. The van der Waals surface area contributed by atoms with Crippen LogP contribution in [-0.2, 0) is 0 Å². The van der Waals surface area contributed by atoms with Gasteiger partial charge in [0.25, 0.3) is 0 Å². The van der Waals surface area contributed by atoms with E-state index in [1.165, 1.54) is 91.4 Å². The van der Waals surface area contributed by atoms with Gasteiger partial charge < -0.3 is 9.55 Å². The van der Waals surface area contributed by atoms with Crippen LogP contribution < -0.4 is 0 Å². The molecule has 10 rings (SSSR count). The van der Waals surface area contributed by atoms with Crippen molar-refractivity contribution in [2.75, 3.05) is 0 Å². The fourth-order valence-corrected chi connectivity index (χ4v) is 8.48. The number of aromatic amines is 1. The molecule has 0 fully saturated rings. The molecular formula is C40H24N2S. The quantitative estimate of drug-likeness (QED) is 0.216. The molecule has 0 aliphatic heterocycles. The molecule has 0 bridgehead atoms. The van der Waals surface area contributed by atoms with E-state index in [0.29, 0.717) is 0 Å². The second kappa shape index (κ2) is 8.57. The summed E-state index contributed by atoms with van der Waals surface area (Å²) < 4.78 is 5.09. The molecule has 3 heteroatoms. The number of aromatic nitrogens is 2. The lowest BCUT2D eigenvalue weighted by molar-refractivity contribution is 1.18. The van der Waals surface area contributed by atoms with Gasteiger partial charge in [-0.05, 0) is 52.9 Å². The first-order valence-corrected chi connectivity index (χ1v) is 15.5. The van der Waals surface area contributed by atoms with E-state index in [4.69, 9.17) is 0 Å². The van der Waals surface area contributed by atoms with Crippen molar-refractivity contribution in [1.29, 1.82) is 0 Å². The maximum atomic E-state index is 3.83. The number of nitrogens with zero attached hydrogens (tertiary/aromatic N) is 1. The van der Waals surface area contributed by atoms with Crippen LogP contribution in [0.2, 0.25) is 0 Å². The SMILES string of the molecule is c1ccc(-c2ccc(-n3c4ccccc4c4cc5c(cc43)sc3c4ccccc4c4c6ccccc6[nH]c4c53)cc2)cc1. The van der Waals surface area contributed by atoms with E-state index in [-0.39, 0.29) is 0 Å². The summed E-state index contributed by atoms with van der Waals surface area (Å²) in [7, 11) is 0. The number of fused-ring (bicyclic) bond motifs is 13. The summed E-state index contributed by atoms with van der Waals surface area (Å²) in [6, 6.07) is 50.9. The van der Waals surface area contributed by atoms with Crippen molar-refractivity contribution in [1.82, 2.24) is 9.55 Å². The normalized spacial score (nSPS) is 12.2. The van der Waals surface area contributed by atoms with Crippen molar-refractivity contribution in [2.45, 2.75) is 0 Å². The Kier molecular flexibility index (Phi) is 4.63. The van der Waals surface area contributed by atoms with Gasteiger partial charge in [-0.3, -0.25) is 0 Å². The molecule has 3 heterocycles. The minimum atomic E-state index is 1.18. The van der Waals surface area contributed by atoms with Gasteiger partial charge in [0, 0.05) is 58.3 Å². The van der Waals surface area contributed by atoms with E-state index in [0.717, 1.165) is 0 Å². The topological polar surface area (TPSA) is 20.7 Å². The van der Waals surface area contributed by atoms with E-state index in [2.05, 4.69) is 149 Å². The lowest BCUT2D eigenvalue weighted by atomic mass is 9.99. The number of H-pyrrole nitrogens is 1. The number of thiophene rings is 1. The fourth-order valence-electron chi connectivity index (χ4n) is 7.22. The first kappa shape index (κ1) is 23.2. The Labute approximate surface area is 251 Å². The predicted molar refractivity (Wildman–Crippen MR) is 186 cm³/mol. The van der Waals surface area contributed by atoms with Crippen LogP contribution in [0.5, 0.6) is 0 Å². The second-order valence-corrected chi connectivity index (χ2v) is 12.5. The third-order valence-corrected chi connectivity index (χ3v) is 10.3. The maximum Gasteiger partial charge on any atom is 0.0565 e. The Bertz CT molecular complexity index is 2710. The monoisotopic (exact) mass is 564 g/mol. The highest BCUT2D eigenvalue weighted by molar-refractivity contribution is 7.27. The molecule has 1 N–H and O–H groups in total. The summed E-state index contributed by atoms with van der Waals surface area (Å²) in [6.07, 6.45) is 0. The minimum Gasteiger partial charge on any atom is -0.354 e. The summed E-state index contributed by atoms with van der Waals surface area (Å²) in [5, 5.41) is 10.4. The minimum absolute atomic E-state index is 1.18. The molecule has 0 saturated carbocycles. The van der Waals surface area contributed by atoms with Gasteiger partial charge in [-0.25, -0.2) is 0 Å². The van der Waals surface area contributed by atoms with E-state index < -0.39 is 0 Å². The third-order valence-electron chi connectivity index (χ3n) is 9.11. The number of rotatable bonds is 2. The third kappa shape index (κ3) is 3.17. The number of benzene rings is 7. The van der Waals surface area contributed by atoms with Gasteiger partial charge in [0.1, 0.15) is 0 Å². The molecule has 7 aromatic carbocycles. The van der Waals surface area contributed by atoms with Crippen LogP contribution in [0.15, 0.2) is 140 Å². The van der Waals surface area contributed by atoms with Crippen LogP contribution in [0, 0.1) is 0 Å². The number of hydrogen-bond acceptors (Lipinski definition) is 1. The highest BCUT2D eigenvalue weighted by Gasteiger charge is 2.20. The molecule has 0 atom stereocenters. The zero-order valence-corrected chi connectivity index (χ0v) is 24.0. The van der Waals surface area contributed by atoms with Crippen molar-refractivity contribution in [3.05, 3.63) is 140 Å². The Morgan fingerprint density at radius 1 is 0.465 bits per heavy atom. The van der Waals surface area contributed by atoms with Gasteiger partial charge in [-0.2, -0.15) is 0 Å². The highest BCUT2D eigenvalue weighted by Crippen LogP contribution is 2.47. The standard InChI is InChI=1S/C40H24N2S/c1-2-10-24(11-3-1)25-18-20-26(21-19-25)42-34-17-9-7-12-27(34)31-22-32-36(23-35(31)42)43-40-29-14-5-4-13-28(29)37-30-15-6-8-16-33(30)41-39(37)38(32)40/h1-23,41H. The van der Waals surface area contributed by atoms with Gasteiger partial charge >= 0.3 is 0 Å². The van der Waals surface area contributed by atoms with Crippen LogP contribution in [0.1, 0.15) is 0 Å². The molecule has 3 aromatic heterocycles. The van der Waals surface area contributed by atoms with Crippen molar-refractivity contribution >= 4 is 85.9 Å².